The van der Waals surface area contributed by atoms with Gasteiger partial charge in [0, 0.05) is 85.7 Å². The van der Waals surface area contributed by atoms with Gasteiger partial charge in [0.2, 0.25) is 17.7 Å². The van der Waals surface area contributed by atoms with E-state index < -0.39 is 17.6 Å². The highest BCUT2D eigenvalue weighted by Gasteiger charge is 2.30. The average Bonchev–Trinajstić information content (AvgIpc) is 3.64. The molecule has 4 aromatic rings. The molecule has 1 aromatic carbocycles. The van der Waals surface area contributed by atoms with E-state index in [-0.39, 0.29) is 42.7 Å². The number of piperidine rings is 1. The van der Waals surface area contributed by atoms with Crippen molar-refractivity contribution in [3.63, 3.8) is 0 Å². The Hall–Kier alpha value is -5.80. The number of pyridine rings is 3. The van der Waals surface area contributed by atoms with Gasteiger partial charge in [-0.05, 0) is 82.9 Å². The summed E-state index contributed by atoms with van der Waals surface area (Å²) in [6.07, 6.45) is 5.39. The number of amides is 4. The average molecular weight is 841 g/mol. The van der Waals surface area contributed by atoms with Gasteiger partial charge in [-0.25, -0.2) is 14.8 Å². The predicted octanol–water partition coefficient (Wildman–Crippen LogP) is 6.55. The molecule has 2 aliphatic heterocycles. The highest BCUT2D eigenvalue weighted by molar-refractivity contribution is 6.35. The van der Waals surface area contributed by atoms with Crippen LogP contribution in [0.2, 0.25) is 5.02 Å². The number of benzene rings is 1. The van der Waals surface area contributed by atoms with Crippen molar-refractivity contribution in [3.8, 4) is 34.1 Å². The van der Waals surface area contributed by atoms with Crippen molar-refractivity contribution in [2.45, 2.75) is 91.1 Å². The Morgan fingerprint density at radius 3 is 2.43 bits per heavy atom. The number of hydrogen-bond donors (Lipinski definition) is 3. The minimum absolute atomic E-state index is 0.0441. The standard InChI is InChI=1S/C44H53ClN8O7/c1-26-32(9-8-10-34(26)50-41(56)36-21-29(37(58-6)23-48-36)22-47-30-16-19-52(20-17-30)27(2)54)40-39(45)33(15-18-46-40)35-13-11-28(42(51-35)59-7)24-53(43(57)60-44(3,4)5)25-31-12-14-38(55)49-31/h8-11,13,15,18,21,23,30-31,47H,12,14,16-17,19-20,22,24-25H2,1-7H3,(H,49,55)(H,50,56)/t31-/m0/s1. The Kier molecular flexibility index (Phi) is 13.9. The molecule has 15 nitrogen and oxygen atoms in total. The van der Waals surface area contributed by atoms with Gasteiger partial charge in [-0.2, -0.15) is 0 Å². The lowest BCUT2D eigenvalue weighted by molar-refractivity contribution is -0.130. The maximum atomic E-state index is 13.7. The lowest BCUT2D eigenvalue weighted by Gasteiger charge is -2.32. The van der Waals surface area contributed by atoms with Gasteiger partial charge in [-0.15, -0.1) is 0 Å². The fraction of sp³-hybridized carbons (Fsp3) is 0.432. The third-order valence-corrected chi connectivity index (χ3v) is 11.0. The first kappa shape index (κ1) is 43.8. The summed E-state index contributed by atoms with van der Waals surface area (Å²) in [5.74, 6) is 0.520. The van der Waals surface area contributed by atoms with Crippen LogP contribution in [0.4, 0.5) is 10.5 Å². The number of methoxy groups -OCH3 is 2. The van der Waals surface area contributed by atoms with Gasteiger partial charge in [-0.3, -0.25) is 19.4 Å². The Morgan fingerprint density at radius 1 is 1.00 bits per heavy atom. The van der Waals surface area contributed by atoms with E-state index in [2.05, 4.69) is 25.9 Å². The number of ether oxygens (including phenoxy) is 3. The van der Waals surface area contributed by atoms with E-state index in [9.17, 15) is 19.2 Å². The molecule has 60 heavy (non-hydrogen) atoms. The number of carbonyl (C=O) groups excluding carboxylic acids is 4. The van der Waals surface area contributed by atoms with Gasteiger partial charge in [-0.1, -0.05) is 23.7 Å². The van der Waals surface area contributed by atoms with Crippen molar-refractivity contribution in [2.75, 3.05) is 39.2 Å². The van der Waals surface area contributed by atoms with Crippen LogP contribution < -0.4 is 25.4 Å². The molecule has 0 radical (unpaired) electrons. The van der Waals surface area contributed by atoms with E-state index in [1.54, 1.807) is 76.4 Å². The smallest absolute Gasteiger partial charge is 0.410 e. The van der Waals surface area contributed by atoms with Gasteiger partial charge >= 0.3 is 6.09 Å². The fourth-order valence-corrected chi connectivity index (χ4v) is 7.67. The lowest BCUT2D eigenvalue weighted by atomic mass is 10.0. The van der Waals surface area contributed by atoms with E-state index in [4.69, 9.17) is 30.8 Å². The van der Waals surface area contributed by atoms with E-state index in [1.807, 2.05) is 30.0 Å². The van der Waals surface area contributed by atoms with Crippen molar-refractivity contribution >= 4 is 41.1 Å². The summed E-state index contributed by atoms with van der Waals surface area (Å²) in [6, 6.07) is 12.7. The number of nitrogens with zero attached hydrogens (tertiary/aromatic N) is 5. The minimum Gasteiger partial charge on any atom is -0.495 e. The minimum atomic E-state index is -0.715. The third kappa shape index (κ3) is 10.7. The largest absolute Gasteiger partial charge is 0.495 e. The number of likely N-dealkylation sites (tertiary alicyclic amines) is 1. The zero-order valence-corrected chi connectivity index (χ0v) is 35.9. The van der Waals surface area contributed by atoms with Crippen LogP contribution in [0.5, 0.6) is 11.6 Å². The van der Waals surface area contributed by atoms with Crippen LogP contribution in [0.15, 0.2) is 54.9 Å². The van der Waals surface area contributed by atoms with E-state index in [1.165, 1.54) is 7.11 Å². The molecule has 2 aliphatic rings. The molecule has 0 unspecified atom stereocenters. The van der Waals surface area contributed by atoms with Gasteiger partial charge in [0.1, 0.15) is 17.0 Å². The van der Waals surface area contributed by atoms with Gasteiger partial charge in [0.25, 0.3) is 5.91 Å². The first-order valence-corrected chi connectivity index (χ1v) is 20.4. The van der Waals surface area contributed by atoms with Crippen molar-refractivity contribution in [1.82, 2.24) is 35.4 Å². The normalized spacial score (nSPS) is 15.6. The molecule has 4 amide bonds. The highest BCUT2D eigenvalue weighted by atomic mass is 35.5. The van der Waals surface area contributed by atoms with Crippen LogP contribution in [0.3, 0.4) is 0 Å². The van der Waals surface area contributed by atoms with Gasteiger partial charge < -0.3 is 40.0 Å². The molecule has 3 N–H and O–H groups in total. The molecular formula is C44H53ClN8O7. The number of anilines is 1. The van der Waals surface area contributed by atoms with Crippen LogP contribution >= 0.6 is 11.6 Å². The second-order valence-electron chi connectivity index (χ2n) is 16.0. The molecule has 2 saturated heterocycles. The second kappa shape index (κ2) is 19.1. The van der Waals surface area contributed by atoms with Crippen LogP contribution in [-0.4, -0.2) is 100 Å². The molecule has 0 spiro atoms. The number of halogens is 1. The van der Waals surface area contributed by atoms with Crippen LogP contribution in [0.1, 0.15) is 80.6 Å². The third-order valence-electron chi connectivity index (χ3n) is 10.6. The molecule has 16 heteroatoms. The molecule has 3 aromatic heterocycles. The first-order valence-electron chi connectivity index (χ1n) is 20.0. The Labute approximate surface area is 355 Å². The molecule has 0 saturated carbocycles. The summed E-state index contributed by atoms with van der Waals surface area (Å²) < 4.78 is 17.0. The number of carbonyl (C=O) groups is 4. The summed E-state index contributed by atoms with van der Waals surface area (Å²) in [5.41, 5.74) is 4.58. The molecular weight excluding hydrogens is 788 g/mol. The molecule has 0 aliphatic carbocycles. The van der Waals surface area contributed by atoms with E-state index in [0.29, 0.717) is 82.9 Å². The number of rotatable bonds is 13. The molecule has 1 atom stereocenters. The van der Waals surface area contributed by atoms with Crippen molar-refractivity contribution in [2.24, 2.45) is 0 Å². The van der Waals surface area contributed by atoms with Gasteiger partial charge in [0.05, 0.1) is 43.4 Å². The van der Waals surface area contributed by atoms with E-state index in [0.717, 1.165) is 24.0 Å². The maximum Gasteiger partial charge on any atom is 0.410 e. The zero-order valence-electron chi connectivity index (χ0n) is 35.2. The fourth-order valence-electron chi connectivity index (χ4n) is 7.36. The molecule has 0 bridgehead atoms. The van der Waals surface area contributed by atoms with Gasteiger partial charge in [0.15, 0.2) is 0 Å². The quantitative estimate of drug-likeness (QED) is 0.133. The summed E-state index contributed by atoms with van der Waals surface area (Å²) >= 11 is 7.11. The van der Waals surface area contributed by atoms with Crippen molar-refractivity contribution < 1.29 is 33.4 Å². The monoisotopic (exact) mass is 840 g/mol. The topological polar surface area (TPSA) is 177 Å². The summed E-state index contributed by atoms with van der Waals surface area (Å²) in [4.78, 5) is 67.8. The Morgan fingerprint density at radius 2 is 1.77 bits per heavy atom. The molecule has 5 heterocycles. The number of aromatic nitrogens is 3. The zero-order chi connectivity index (χ0) is 43.1. The second-order valence-corrected chi connectivity index (χ2v) is 16.4. The highest BCUT2D eigenvalue weighted by Crippen LogP contribution is 2.38. The Balaban J connectivity index is 1.19. The van der Waals surface area contributed by atoms with Crippen LogP contribution in [-0.2, 0) is 27.4 Å². The number of nitrogens with one attached hydrogen (secondary N) is 3. The molecule has 318 valence electrons. The predicted molar refractivity (Wildman–Crippen MR) is 228 cm³/mol. The van der Waals surface area contributed by atoms with E-state index >= 15 is 0 Å². The summed E-state index contributed by atoms with van der Waals surface area (Å²) in [7, 11) is 3.08. The SMILES string of the molecule is COc1cnc(C(=O)Nc2cccc(-c3nccc(-c4ccc(CN(C[C@@H]5CCC(=O)N5)C(=O)OC(C)(C)C)c(OC)n4)c3Cl)c2C)cc1CNC1CCN(C(C)=O)CC1. The molecule has 2 fully saturated rings. The van der Waals surface area contributed by atoms with Crippen LogP contribution in [0.25, 0.3) is 22.5 Å². The Bertz CT molecular complexity index is 2240. The molecule has 6 rings (SSSR count). The van der Waals surface area contributed by atoms with Crippen molar-refractivity contribution in [3.05, 3.63) is 82.3 Å². The lowest BCUT2D eigenvalue weighted by Crippen LogP contribution is -2.44. The summed E-state index contributed by atoms with van der Waals surface area (Å²) in [6.45, 7) is 11.2. The summed E-state index contributed by atoms with van der Waals surface area (Å²) in [5, 5.41) is 9.83. The first-order chi connectivity index (χ1) is 28.6. The maximum absolute atomic E-state index is 13.7. The number of hydrogen-bond acceptors (Lipinski definition) is 11. The van der Waals surface area contributed by atoms with Crippen molar-refractivity contribution in [1.29, 1.82) is 0 Å². The van der Waals surface area contributed by atoms with Crippen LogP contribution in [0, 0.1) is 6.92 Å².